The first-order valence-electron chi connectivity index (χ1n) is 4.83. The minimum atomic E-state index is -0.364. The van der Waals surface area contributed by atoms with Gasteiger partial charge in [0, 0.05) is 0 Å². The number of hydrogen-bond donors (Lipinski definition) is 0. The van der Waals surface area contributed by atoms with E-state index in [9.17, 15) is 0 Å². The molecule has 2 rings (SSSR count). The number of terminal acetylenes is 1. The molecular weight excluding hydrogens is 184 g/mol. The average molecular weight is 196 g/mol. The number of rotatable bonds is 1. The summed E-state index contributed by atoms with van der Waals surface area (Å²) in [7, 11) is 0. The Hall–Kier alpha value is -1.88. The third kappa shape index (κ3) is 1.69. The minimum absolute atomic E-state index is 0.364. The Balaban J connectivity index is 2.63. The number of fused-ring (bicyclic) bond motifs is 1. The van der Waals surface area contributed by atoms with Gasteiger partial charge in [0.25, 0.3) is 0 Å². The number of benzene rings is 1. The van der Waals surface area contributed by atoms with Gasteiger partial charge in [-0.15, -0.1) is 6.42 Å². The van der Waals surface area contributed by atoms with E-state index in [1.165, 1.54) is 0 Å². The van der Waals surface area contributed by atoms with E-state index in [1.807, 2.05) is 38.1 Å². The van der Waals surface area contributed by atoms with E-state index in [0.29, 0.717) is 0 Å². The maximum atomic E-state index is 5.46. The van der Waals surface area contributed by atoms with E-state index in [2.05, 4.69) is 15.9 Å². The molecule has 0 aliphatic rings. The van der Waals surface area contributed by atoms with Crippen LogP contribution in [0.4, 0.5) is 0 Å². The van der Waals surface area contributed by atoms with Gasteiger partial charge in [-0.2, -0.15) is 0 Å². The average Bonchev–Trinajstić information content (AvgIpc) is 2.28. The SMILES string of the molecule is C#CC(C)(C)c1cnc2ccccc2n1. The van der Waals surface area contributed by atoms with Crippen LogP contribution < -0.4 is 0 Å². The molecule has 1 heterocycles. The maximum absolute atomic E-state index is 5.46. The lowest BCUT2D eigenvalue weighted by atomic mass is 9.91. The van der Waals surface area contributed by atoms with Crippen LogP contribution in [-0.4, -0.2) is 9.97 Å². The van der Waals surface area contributed by atoms with Gasteiger partial charge in [-0.05, 0) is 26.0 Å². The van der Waals surface area contributed by atoms with E-state index in [-0.39, 0.29) is 5.41 Å². The molecule has 0 bridgehead atoms. The molecule has 1 aromatic carbocycles. The van der Waals surface area contributed by atoms with E-state index < -0.39 is 0 Å². The Kier molecular flexibility index (Phi) is 2.17. The quantitative estimate of drug-likeness (QED) is 0.655. The molecule has 0 N–H and O–H groups in total. The van der Waals surface area contributed by atoms with Crippen LogP contribution in [0.3, 0.4) is 0 Å². The molecule has 0 aliphatic carbocycles. The highest BCUT2D eigenvalue weighted by molar-refractivity contribution is 5.73. The summed E-state index contributed by atoms with van der Waals surface area (Å²) in [6.07, 6.45) is 7.22. The van der Waals surface area contributed by atoms with Gasteiger partial charge in [-0.1, -0.05) is 18.1 Å². The molecule has 1 aromatic heterocycles. The summed E-state index contributed by atoms with van der Waals surface area (Å²) in [5, 5.41) is 0. The Morgan fingerprint density at radius 2 is 1.87 bits per heavy atom. The van der Waals surface area contributed by atoms with Crippen molar-refractivity contribution in [2.75, 3.05) is 0 Å². The van der Waals surface area contributed by atoms with Crippen LogP contribution in [0.25, 0.3) is 11.0 Å². The summed E-state index contributed by atoms with van der Waals surface area (Å²) in [4.78, 5) is 8.85. The summed E-state index contributed by atoms with van der Waals surface area (Å²) < 4.78 is 0. The molecular formula is C13H12N2. The van der Waals surface area contributed by atoms with Crippen molar-refractivity contribution < 1.29 is 0 Å². The molecule has 74 valence electrons. The molecule has 0 aliphatic heterocycles. The fourth-order valence-electron chi connectivity index (χ4n) is 1.33. The van der Waals surface area contributed by atoms with Crippen LogP contribution in [0.5, 0.6) is 0 Å². The van der Waals surface area contributed by atoms with Gasteiger partial charge < -0.3 is 0 Å². The number of nitrogens with zero attached hydrogens (tertiary/aromatic N) is 2. The molecule has 0 fully saturated rings. The summed E-state index contributed by atoms with van der Waals surface area (Å²) in [6, 6.07) is 7.78. The van der Waals surface area contributed by atoms with Crippen molar-refractivity contribution in [1.82, 2.24) is 9.97 Å². The molecule has 0 amide bonds. The van der Waals surface area contributed by atoms with E-state index in [1.54, 1.807) is 6.20 Å². The summed E-state index contributed by atoms with van der Waals surface area (Å²) in [5.41, 5.74) is 2.26. The van der Waals surface area contributed by atoms with Crippen LogP contribution >= 0.6 is 0 Å². The third-order valence-corrected chi connectivity index (χ3v) is 2.45. The van der Waals surface area contributed by atoms with Crippen LogP contribution in [0.2, 0.25) is 0 Å². The lowest BCUT2D eigenvalue weighted by Crippen LogP contribution is -2.16. The molecule has 0 radical (unpaired) electrons. The van der Waals surface area contributed by atoms with E-state index >= 15 is 0 Å². The molecule has 0 saturated carbocycles. The van der Waals surface area contributed by atoms with Crippen LogP contribution in [0.1, 0.15) is 19.5 Å². The highest BCUT2D eigenvalue weighted by atomic mass is 14.8. The lowest BCUT2D eigenvalue weighted by molar-refractivity contribution is 0.670. The normalized spacial score (nSPS) is 11.3. The smallest absolute Gasteiger partial charge is 0.0890 e. The Morgan fingerprint density at radius 3 is 2.53 bits per heavy atom. The first-order chi connectivity index (χ1) is 7.13. The number of aromatic nitrogens is 2. The third-order valence-electron chi connectivity index (χ3n) is 2.45. The monoisotopic (exact) mass is 196 g/mol. The second-order valence-corrected chi connectivity index (χ2v) is 4.01. The lowest BCUT2D eigenvalue weighted by Gasteiger charge is -2.16. The first-order valence-corrected chi connectivity index (χ1v) is 4.83. The summed E-state index contributed by atoms with van der Waals surface area (Å²) in [6.45, 7) is 3.93. The molecule has 0 spiro atoms. The zero-order valence-corrected chi connectivity index (χ0v) is 8.86. The topological polar surface area (TPSA) is 25.8 Å². The van der Waals surface area contributed by atoms with Gasteiger partial charge in [-0.25, -0.2) is 4.98 Å². The van der Waals surface area contributed by atoms with Crippen molar-refractivity contribution in [3.05, 3.63) is 36.2 Å². The van der Waals surface area contributed by atoms with Gasteiger partial charge in [0.1, 0.15) is 0 Å². The number of para-hydroxylation sites is 2. The van der Waals surface area contributed by atoms with Gasteiger partial charge in [0.05, 0.1) is 28.3 Å². The van der Waals surface area contributed by atoms with Gasteiger partial charge in [0.2, 0.25) is 0 Å². The Labute approximate surface area is 89.4 Å². The van der Waals surface area contributed by atoms with Gasteiger partial charge in [-0.3, -0.25) is 4.98 Å². The predicted molar refractivity (Wildman–Crippen MR) is 61.4 cm³/mol. The van der Waals surface area contributed by atoms with Crippen LogP contribution in [-0.2, 0) is 5.41 Å². The van der Waals surface area contributed by atoms with Gasteiger partial charge in [0.15, 0.2) is 0 Å². The standard InChI is InChI=1S/C13H12N2/c1-4-13(2,3)12-9-14-10-7-5-6-8-11(10)15-12/h1,5-9H,2-3H3. The van der Waals surface area contributed by atoms with Crippen molar-refractivity contribution in [3.8, 4) is 12.3 Å². The molecule has 2 heteroatoms. The minimum Gasteiger partial charge on any atom is -0.253 e. The highest BCUT2D eigenvalue weighted by Crippen LogP contribution is 2.20. The molecule has 2 nitrogen and oxygen atoms in total. The molecule has 0 unspecified atom stereocenters. The van der Waals surface area contributed by atoms with Crippen molar-refractivity contribution in [2.24, 2.45) is 0 Å². The highest BCUT2D eigenvalue weighted by Gasteiger charge is 2.19. The van der Waals surface area contributed by atoms with Gasteiger partial charge >= 0.3 is 0 Å². The Morgan fingerprint density at radius 1 is 1.20 bits per heavy atom. The molecule has 0 atom stereocenters. The fraction of sp³-hybridized carbons (Fsp3) is 0.231. The van der Waals surface area contributed by atoms with Crippen molar-refractivity contribution in [3.63, 3.8) is 0 Å². The van der Waals surface area contributed by atoms with E-state index in [0.717, 1.165) is 16.7 Å². The predicted octanol–water partition coefficient (Wildman–Crippen LogP) is 2.54. The zero-order valence-electron chi connectivity index (χ0n) is 8.86. The molecule has 2 aromatic rings. The van der Waals surface area contributed by atoms with Crippen molar-refractivity contribution in [2.45, 2.75) is 19.3 Å². The number of hydrogen-bond acceptors (Lipinski definition) is 2. The first kappa shape index (κ1) is 9.67. The maximum Gasteiger partial charge on any atom is 0.0890 e. The zero-order chi connectivity index (χ0) is 10.9. The van der Waals surface area contributed by atoms with Crippen LogP contribution in [0.15, 0.2) is 30.5 Å². The fourth-order valence-corrected chi connectivity index (χ4v) is 1.33. The second-order valence-electron chi connectivity index (χ2n) is 4.01. The van der Waals surface area contributed by atoms with E-state index in [4.69, 9.17) is 6.42 Å². The van der Waals surface area contributed by atoms with Crippen LogP contribution in [0, 0.1) is 12.3 Å². The summed E-state index contributed by atoms with van der Waals surface area (Å²) >= 11 is 0. The largest absolute Gasteiger partial charge is 0.253 e. The summed E-state index contributed by atoms with van der Waals surface area (Å²) in [5.74, 6) is 2.72. The second kappa shape index (κ2) is 3.36. The van der Waals surface area contributed by atoms with Crippen molar-refractivity contribution >= 4 is 11.0 Å². The van der Waals surface area contributed by atoms with Crippen molar-refractivity contribution in [1.29, 1.82) is 0 Å². The molecule has 15 heavy (non-hydrogen) atoms. The molecule has 0 saturated heterocycles. The Bertz CT molecular complexity index is 535.